The van der Waals surface area contributed by atoms with Gasteiger partial charge in [-0.1, -0.05) is 41.9 Å². The van der Waals surface area contributed by atoms with Crippen LogP contribution < -0.4 is 16.6 Å². The first-order valence-electron chi connectivity index (χ1n) is 9.77. The number of benzene rings is 2. The molecule has 0 fully saturated rings. The second kappa shape index (κ2) is 9.15. The van der Waals surface area contributed by atoms with Gasteiger partial charge in [0.25, 0.3) is 5.56 Å². The zero-order valence-corrected chi connectivity index (χ0v) is 17.6. The Morgan fingerprint density at radius 1 is 1.00 bits per heavy atom. The molecule has 0 radical (unpaired) electrons. The molecule has 0 saturated heterocycles. The maximum Gasteiger partial charge on any atom is 0.332 e. The Morgan fingerprint density at radius 3 is 2.50 bits per heavy atom. The number of carbonyl (C=O) groups is 1. The average molecular weight is 453 g/mol. The largest absolute Gasteiger partial charge is 0.350 e. The van der Waals surface area contributed by atoms with E-state index in [0.717, 1.165) is 10.1 Å². The molecule has 0 aliphatic heterocycles. The normalized spacial score (nSPS) is 10.9. The highest BCUT2D eigenvalue weighted by Gasteiger charge is 2.16. The Bertz CT molecular complexity index is 1410. The van der Waals surface area contributed by atoms with Gasteiger partial charge in [0.1, 0.15) is 12.4 Å². The summed E-state index contributed by atoms with van der Waals surface area (Å²) in [7, 11) is 0. The van der Waals surface area contributed by atoms with Gasteiger partial charge in [0.15, 0.2) is 5.52 Å². The third-order valence-electron chi connectivity index (χ3n) is 4.98. The molecule has 2 heterocycles. The maximum absolute atomic E-state index is 13.2. The molecule has 0 atom stereocenters. The third-order valence-corrected chi connectivity index (χ3v) is 5.34. The van der Waals surface area contributed by atoms with E-state index in [9.17, 15) is 18.8 Å². The van der Waals surface area contributed by atoms with Gasteiger partial charge < -0.3 is 5.32 Å². The summed E-state index contributed by atoms with van der Waals surface area (Å²) in [5.41, 5.74) is 0.382. The van der Waals surface area contributed by atoms with Crippen LogP contribution in [0.5, 0.6) is 0 Å². The third kappa shape index (κ3) is 4.45. The van der Waals surface area contributed by atoms with Crippen molar-refractivity contribution in [1.82, 2.24) is 19.4 Å². The van der Waals surface area contributed by atoms with Crippen molar-refractivity contribution in [2.24, 2.45) is 0 Å². The number of hydrogen-bond donors (Lipinski definition) is 1. The van der Waals surface area contributed by atoms with Crippen LogP contribution in [0.3, 0.4) is 0 Å². The monoisotopic (exact) mass is 452 g/mol. The van der Waals surface area contributed by atoms with Crippen LogP contribution in [0.2, 0.25) is 5.02 Å². The number of aromatic nitrogens is 3. The summed E-state index contributed by atoms with van der Waals surface area (Å²) in [5, 5.41) is 3.26. The summed E-state index contributed by atoms with van der Waals surface area (Å²) in [4.78, 5) is 42.8. The molecule has 0 aliphatic carbocycles. The van der Waals surface area contributed by atoms with Crippen LogP contribution >= 0.6 is 11.6 Å². The number of hydrogen-bond acceptors (Lipinski definition) is 4. The number of fused-ring (bicyclic) bond motifs is 1. The minimum atomic E-state index is -0.660. The lowest BCUT2D eigenvalue weighted by Gasteiger charge is -2.14. The summed E-state index contributed by atoms with van der Waals surface area (Å²) in [6.45, 7) is -0.195. The molecule has 162 valence electrons. The molecule has 9 heteroatoms. The van der Waals surface area contributed by atoms with Crippen molar-refractivity contribution in [3.05, 3.63) is 110 Å². The number of nitrogens with one attached hydrogen (secondary N) is 1. The van der Waals surface area contributed by atoms with Crippen molar-refractivity contribution < 1.29 is 9.18 Å². The van der Waals surface area contributed by atoms with Crippen LogP contribution in [-0.2, 0) is 24.4 Å². The van der Waals surface area contributed by atoms with E-state index in [1.54, 1.807) is 30.3 Å². The minimum Gasteiger partial charge on any atom is -0.350 e. The standard InChI is InChI=1S/C23H18ClFN4O3/c24-18-5-2-1-4-16(18)12-27-20(30)14-28-19-6-3-11-26-21(19)22(31)29(23(28)32)13-15-7-9-17(25)10-8-15/h1-11H,12-14H2,(H,27,30). The van der Waals surface area contributed by atoms with Gasteiger partial charge in [-0.25, -0.2) is 14.2 Å². The maximum atomic E-state index is 13.2. The fraction of sp³-hybridized carbons (Fsp3) is 0.130. The zero-order chi connectivity index (χ0) is 22.7. The van der Waals surface area contributed by atoms with Crippen molar-refractivity contribution in [1.29, 1.82) is 0 Å². The summed E-state index contributed by atoms with van der Waals surface area (Å²) < 4.78 is 15.4. The SMILES string of the molecule is O=C(Cn1c(=O)n(Cc2ccc(F)cc2)c(=O)c2ncccc21)NCc1ccccc1Cl. The summed E-state index contributed by atoms with van der Waals surface area (Å²) in [6, 6.07) is 15.7. The molecule has 0 saturated carbocycles. The molecule has 0 aliphatic rings. The Hall–Kier alpha value is -3.78. The van der Waals surface area contributed by atoms with Crippen molar-refractivity contribution in [3.8, 4) is 0 Å². The first kappa shape index (κ1) is 21.5. The predicted molar refractivity (Wildman–Crippen MR) is 119 cm³/mol. The van der Waals surface area contributed by atoms with Gasteiger partial charge in [-0.2, -0.15) is 0 Å². The number of halogens is 2. The highest BCUT2D eigenvalue weighted by molar-refractivity contribution is 6.31. The fourth-order valence-electron chi connectivity index (χ4n) is 3.34. The van der Waals surface area contributed by atoms with E-state index in [-0.39, 0.29) is 30.7 Å². The molecule has 1 amide bonds. The summed E-state index contributed by atoms with van der Waals surface area (Å²) in [5.74, 6) is -0.849. The van der Waals surface area contributed by atoms with Gasteiger partial charge in [-0.3, -0.25) is 18.7 Å². The van der Waals surface area contributed by atoms with Crippen LogP contribution in [0, 0.1) is 5.82 Å². The second-order valence-electron chi connectivity index (χ2n) is 7.13. The first-order chi connectivity index (χ1) is 15.4. The van der Waals surface area contributed by atoms with E-state index in [1.165, 1.54) is 35.0 Å². The number of pyridine rings is 1. The van der Waals surface area contributed by atoms with Crippen molar-refractivity contribution >= 4 is 28.5 Å². The molecule has 2 aromatic heterocycles. The van der Waals surface area contributed by atoms with Gasteiger partial charge in [-0.05, 0) is 41.5 Å². The number of amides is 1. The lowest BCUT2D eigenvalue weighted by molar-refractivity contribution is -0.121. The molecular formula is C23H18ClFN4O3. The Morgan fingerprint density at radius 2 is 1.75 bits per heavy atom. The average Bonchev–Trinajstić information content (AvgIpc) is 2.80. The minimum absolute atomic E-state index is 0.0631. The van der Waals surface area contributed by atoms with Crippen LogP contribution in [0.4, 0.5) is 4.39 Å². The lowest BCUT2D eigenvalue weighted by atomic mass is 10.2. The van der Waals surface area contributed by atoms with Crippen molar-refractivity contribution in [3.63, 3.8) is 0 Å². The quantitative estimate of drug-likeness (QED) is 0.487. The molecule has 0 spiro atoms. The Balaban J connectivity index is 1.68. The van der Waals surface area contributed by atoms with Crippen LogP contribution in [-0.4, -0.2) is 20.0 Å². The van der Waals surface area contributed by atoms with Crippen molar-refractivity contribution in [2.75, 3.05) is 0 Å². The molecular weight excluding hydrogens is 435 g/mol. The van der Waals surface area contributed by atoms with E-state index < -0.39 is 23.0 Å². The summed E-state index contributed by atoms with van der Waals surface area (Å²) in [6.07, 6.45) is 1.44. The second-order valence-corrected chi connectivity index (χ2v) is 7.53. The van der Waals surface area contributed by atoms with Crippen molar-refractivity contribution in [2.45, 2.75) is 19.6 Å². The van der Waals surface area contributed by atoms with E-state index in [1.807, 2.05) is 6.07 Å². The number of nitrogens with zero attached hydrogens (tertiary/aromatic N) is 3. The molecule has 32 heavy (non-hydrogen) atoms. The molecule has 7 nitrogen and oxygen atoms in total. The number of carbonyl (C=O) groups excluding carboxylic acids is 1. The van der Waals surface area contributed by atoms with E-state index in [0.29, 0.717) is 10.6 Å². The first-order valence-corrected chi connectivity index (χ1v) is 10.1. The van der Waals surface area contributed by atoms with Gasteiger partial charge in [0.2, 0.25) is 5.91 Å². The lowest BCUT2D eigenvalue weighted by Crippen LogP contribution is -2.43. The molecule has 1 N–H and O–H groups in total. The van der Waals surface area contributed by atoms with Gasteiger partial charge in [-0.15, -0.1) is 0 Å². The topological polar surface area (TPSA) is 86.0 Å². The fourth-order valence-corrected chi connectivity index (χ4v) is 3.55. The van der Waals surface area contributed by atoms with E-state index >= 15 is 0 Å². The van der Waals surface area contributed by atoms with Gasteiger partial charge >= 0.3 is 5.69 Å². The zero-order valence-electron chi connectivity index (χ0n) is 16.8. The highest BCUT2D eigenvalue weighted by atomic mass is 35.5. The van der Waals surface area contributed by atoms with Crippen LogP contribution in [0.25, 0.3) is 11.0 Å². The molecule has 0 unspecified atom stereocenters. The highest BCUT2D eigenvalue weighted by Crippen LogP contribution is 2.14. The molecule has 0 bridgehead atoms. The Kier molecular flexibility index (Phi) is 6.13. The number of rotatable bonds is 6. The van der Waals surface area contributed by atoms with Crippen LogP contribution in [0.1, 0.15) is 11.1 Å². The van der Waals surface area contributed by atoms with Gasteiger partial charge in [0.05, 0.1) is 12.1 Å². The molecule has 2 aromatic carbocycles. The molecule has 4 aromatic rings. The molecule has 4 rings (SSSR count). The smallest absolute Gasteiger partial charge is 0.332 e. The Labute approximate surface area is 186 Å². The van der Waals surface area contributed by atoms with E-state index in [4.69, 9.17) is 11.6 Å². The van der Waals surface area contributed by atoms with Crippen LogP contribution in [0.15, 0.2) is 76.4 Å². The predicted octanol–water partition coefficient (Wildman–Crippen LogP) is 2.72. The summed E-state index contributed by atoms with van der Waals surface area (Å²) >= 11 is 6.12. The van der Waals surface area contributed by atoms with Gasteiger partial charge in [0, 0.05) is 17.8 Å². The van der Waals surface area contributed by atoms with E-state index in [2.05, 4.69) is 10.3 Å².